The van der Waals surface area contributed by atoms with Gasteiger partial charge in [0.15, 0.2) is 0 Å². The summed E-state index contributed by atoms with van der Waals surface area (Å²) in [6.45, 7) is 0.783. The Morgan fingerprint density at radius 3 is 3.00 bits per heavy atom. The highest BCUT2D eigenvalue weighted by molar-refractivity contribution is 5.95. The van der Waals surface area contributed by atoms with Gasteiger partial charge in [0.25, 0.3) is 0 Å². The van der Waals surface area contributed by atoms with Gasteiger partial charge in [0, 0.05) is 30.6 Å². The van der Waals surface area contributed by atoms with Gasteiger partial charge in [-0.15, -0.1) is 0 Å². The molecule has 5 nitrogen and oxygen atoms in total. The molecule has 1 aromatic rings. The summed E-state index contributed by atoms with van der Waals surface area (Å²) in [5, 5.41) is 11.5. The molecule has 21 heavy (non-hydrogen) atoms. The van der Waals surface area contributed by atoms with Crippen LogP contribution >= 0.6 is 0 Å². The van der Waals surface area contributed by atoms with Crippen molar-refractivity contribution in [3.8, 4) is 11.8 Å². The van der Waals surface area contributed by atoms with Crippen molar-refractivity contribution in [3.05, 3.63) is 29.8 Å². The second kappa shape index (κ2) is 7.46. The number of likely N-dealkylation sites (tertiary alicyclic amines) is 1. The molecule has 2 amide bonds. The molecule has 1 aromatic carbocycles. The van der Waals surface area contributed by atoms with Crippen LogP contribution in [0.15, 0.2) is 24.3 Å². The van der Waals surface area contributed by atoms with Gasteiger partial charge in [-0.25, -0.2) is 0 Å². The minimum absolute atomic E-state index is 0.0350. The Kier molecular flexibility index (Phi) is 5.35. The van der Waals surface area contributed by atoms with Crippen molar-refractivity contribution >= 4 is 17.5 Å². The molecule has 0 saturated carbocycles. The molecule has 0 aromatic heterocycles. The molecule has 0 bridgehead atoms. The largest absolute Gasteiger partial charge is 0.395 e. The number of rotatable bonds is 4. The van der Waals surface area contributed by atoms with Crippen molar-refractivity contribution in [1.82, 2.24) is 4.90 Å². The van der Waals surface area contributed by atoms with E-state index < -0.39 is 0 Å². The fraction of sp³-hybridized carbons (Fsp3) is 0.375. The van der Waals surface area contributed by atoms with Crippen LogP contribution in [0, 0.1) is 11.8 Å². The van der Waals surface area contributed by atoms with Gasteiger partial charge in [0.05, 0.1) is 13.2 Å². The number of aliphatic hydroxyl groups excluding tert-OH is 1. The van der Waals surface area contributed by atoms with E-state index in [4.69, 9.17) is 5.11 Å². The first-order chi connectivity index (χ1) is 10.2. The molecule has 0 aliphatic carbocycles. The number of hydrogen-bond acceptors (Lipinski definition) is 3. The van der Waals surface area contributed by atoms with Crippen molar-refractivity contribution in [2.24, 2.45) is 0 Å². The Labute approximate surface area is 124 Å². The Bertz CT molecular complexity index is 587. The van der Waals surface area contributed by atoms with Crippen molar-refractivity contribution < 1.29 is 14.7 Å². The molecule has 1 saturated heterocycles. The SMILES string of the molecule is O=C(CN1CCCC1=O)Nc1cccc(C#CCCO)c1. The summed E-state index contributed by atoms with van der Waals surface area (Å²) in [5.74, 6) is 5.58. The number of carbonyl (C=O) groups is 2. The Hall–Kier alpha value is -2.32. The lowest BCUT2D eigenvalue weighted by Crippen LogP contribution is -2.33. The van der Waals surface area contributed by atoms with Crippen molar-refractivity contribution in [3.63, 3.8) is 0 Å². The van der Waals surface area contributed by atoms with E-state index in [0.717, 1.165) is 12.0 Å². The van der Waals surface area contributed by atoms with Gasteiger partial charge in [-0.05, 0) is 24.6 Å². The maximum atomic E-state index is 11.9. The smallest absolute Gasteiger partial charge is 0.243 e. The topological polar surface area (TPSA) is 69.6 Å². The lowest BCUT2D eigenvalue weighted by molar-refractivity contribution is -0.131. The van der Waals surface area contributed by atoms with Crippen molar-refractivity contribution in [2.45, 2.75) is 19.3 Å². The highest BCUT2D eigenvalue weighted by Gasteiger charge is 2.22. The second-order valence-corrected chi connectivity index (χ2v) is 4.82. The summed E-state index contributed by atoms with van der Waals surface area (Å²) in [6.07, 6.45) is 1.78. The van der Waals surface area contributed by atoms with Gasteiger partial charge in [-0.2, -0.15) is 0 Å². The number of amides is 2. The highest BCUT2D eigenvalue weighted by atomic mass is 16.2. The van der Waals surface area contributed by atoms with Crippen LogP contribution < -0.4 is 5.32 Å². The molecule has 0 unspecified atom stereocenters. The summed E-state index contributed by atoms with van der Waals surface area (Å²) in [7, 11) is 0. The van der Waals surface area contributed by atoms with Crippen LogP contribution in [0.3, 0.4) is 0 Å². The monoisotopic (exact) mass is 286 g/mol. The molecule has 5 heteroatoms. The van der Waals surface area contributed by atoms with Crippen molar-refractivity contribution in [2.75, 3.05) is 25.0 Å². The first kappa shape index (κ1) is 15.1. The van der Waals surface area contributed by atoms with E-state index in [-0.39, 0.29) is 25.0 Å². The van der Waals surface area contributed by atoms with Gasteiger partial charge >= 0.3 is 0 Å². The van der Waals surface area contributed by atoms with Crippen molar-refractivity contribution in [1.29, 1.82) is 0 Å². The molecule has 110 valence electrons. The normalized spacial score (nSPS) is 13.8. The minimum Gasteiger partial charge on any atom is -0.395 e. The Balaban J connectivity index is 1.93. The molecular weight excluding hydrogens is 268 g/mol. The lowest BCUT2D eigenvalue weighted by Gasteiger charge is -2.15. The zero-order chi connectivity index (χ0) is 15.1. The molecule has 1 heterocycles. The number of anilines is 1. The number of carbonyl (C=O) groups excluding carboxylic acids is 2. The highest BCUT2D eigenvalue weighted by Crippen LogP contribution is 2.12. The van der Waals surface area contributed by atoms with E-state index in [1.165, 1.54) is 0 Å². The average molecular weight is 286 g/mol. The van der Waals surface area contributed by atoms with Crippen LogP contribution in [0.5, 0.6) is 0 Å². The van der Waals surface area contributed by atoms with Gasteiger partial charge in [0.1, 0.15) is 0 Å². The predicted octanol–water partition coefficient (Wildman–Crippen LogP) is 0.981. The van der Waals surface area contributed by atoms with E-state index in [2.05, 4.69) is 17.2 Å². The van der Waals surface area contributed by atoms with E-state index in [1.807, 2.05) is 6.07 Å². The summed E-state index contributed by atoms with van der Waals surface area (Å²) >= 11 is 0. The third kappa shape index (κ3) is 4.62. The number of benzene rings is 1. The first-order valence-electron chi connectivity index (χ1n) is 6.96. The van der Waals surface area contributed by atoms with Crippen LogP contribution in [-0.4, -0.2) is 41.5 Å². The number of nitrogens with one attached hydrogen (secondary N) is 1. The van der Waals surface area contributed by atoms with E-state index in [0.29, 0.717) is 25.1 Å². The molecule has 0 radical (unpaired) electrons. The van der Waals surface area contributed by atoms with Crippen LogP contribution in [0.2, 0.25) is 0 Å². The fourth-order valence-electron chi connectivity index (χ4n) is 2.14. The molecule has 1 fully saturated rings. The second-order valence-electron chi connectivity index (χ2n) is 4.82. The van der Waals surface area contributed by atoms with E-state index >= 15 is 0 Å². The Morgan fingerprint density at radius 1 is 1.43 bits per heavy atom. The summed E-state index contributed by atoms with van der Waals surface area (Å²) < 4.78 is 0. The number of nitrogens with zero attached hydrogens (tertiary/aromatic N) is 1. The number of aliphatic hydroxyl groups is 1. The van der Waals surface area contributed by atoms with E-state index in [1.54, 1.807) is 23.1 Å². The summed E-state index contributed by atoms with van der Waals surface area (Å²) in [5.41, 5.74) is 1.43. The average Bonchev–Trinajstić information content (AvgIpc) is 2.85. The third-order valence-electron chi connectivity index (χ3n) is 3.12. The van der Waals surface area contributed by atoms with Crippen LogP contribution in [0.25, 0.3) is 0 Å². The lowest BCUT2D eigenvalue weighted by atomic mass is 10.2. The standard InChI is InChI=1S/C16H18N2O3/c19-10-2-1-5-13-6-3-7-14(11-13)17-15(20)12-18-9-4-8-16(18)21/h3,6-7,11,19H,2,4,8-10,12H2,(H,17,20). The van der Waals surface area contributed by atoms with Gasteiger partial charge in [-0.3, -0.25) is 9.59 Å². The van der Waals surface area contributed by atoms with Crippen LogP contribution in [-0.2, 0) is 9.59 Å². The van der Waals surface area contributed by atoms with Crippen LogP contribution in [0.4, 0.5) is 5.69 Å². The summed E-state index contributed by atoms with van der Waals surface area (Å²) in [4.78, 5) is 25.0. The maximum absolute atomic E-state index is 11.9. The van der Waals surface area contributed by atoms with E-state index in [9.17, 15) is 9.59 Å². The molecule has 0 atom stereocenters. The first-order valence-corrected chi connectivity index (χ1v) is 6.96. The summed E-state index contributed by atoms with van der Waals surface area (Å²) in [6, 6.07) is 7.19. The zero-order valence-electron chi connectivity index (χ0n) is 11.8. The predicted molar refractivity (Wildman–Crippen MR) is 79.5 cm³/mol. The van der Waals surface area contributed by atoms with Gasteiger partial charge in [-0.1, -0.05) is 17.9 Å². The van der Waals surface area contributed by atoms with Crippen LogP contribution in [0.1, 0.15) is 24.8 Å². The third-order valence-corrected chi connectivity index (χ3v) is 3.12. The minimum atomic E-state index is -0.203. The molecule has 1 aliphatic rings. The molecule has 2 rings (SSSR count). The molecule has 2 N–H and O–H groups in total. The Morgan fingerprint density at radius 2 is 2.29 bits per heavy atom. The molecular formula is C16H18N2O3. The fourth-order valence-corrected chi connectivity index (χ4v) is 2.14. The molecule has 0 spiro atoms. The quantitative estimate of drug-likeness (QED) is 0.811. The van der Waals surface area contributed by atoms with Gasteiger partial charge < -0.3 is 15.3 Å². The van der Waals surface area contributed by atoms with Gasteiger partial charge in [0.2, 0.25) is 11.8 Å². The zero-order valence-corrected chi connectivity index (χ0v) is 11.8. The molecule has 1 aliphatic heterocycles. The number of hydrogen-bond donors (Lipinski definition) is 2. The maximum Gasteiger partial charge on any atom is 0.243 e.